The van der Waals surface area contributed by atoms with Crippen LogP contribution >= 0.6 is 12.4 Å². The van der Waals surface area contributed by atoms with Crippen LogP contribution in [0.3, 0.4) is 0 Å². The molecule has 1 fully saturated rings. The van der Waals surface area contributed by atoms with Crippen LogP contribution in [0.5, 0.6) is 11.5 Å². The van der Waals surface area contributed by atoms with Crippen molar-refractivity contribution in [2.24, 2.45) is 0 Å². The van der Waals surface area contributed by atoms with Crippen molar-refractivity contribution in [1.29, 1.82) is 0 Å². The number of halogens is 1. The number of fused-ring (bicyclic) bond motifs is 1. The van der Waals surface area contributed by atoms with Crippen molar-refractivity contribution in [3.05, 3.63) is 23.3 Å². The van der Waals surface area contributed by atoms with E-state index in [1.807, 2.05) is 6.07 Å². The standard InChI is InChI=1S/C25H40N2O4.ClH/c1-26-19-12-15-27(16-13-19)14-10-8-6-4-5-7-9-11-22-21-17-20(29-2)18-23(30-3)24(21)25(28)31-22;/h17-19,22,26H,4-16H2,1-3H3;1H/t22-;/m1./s1. The SMILES string of the molecule is CNC1CCN(CCCCCCCCC[C@H]2OC(=O)c3c(OC)cc(OC)cc32)CC1.Cl. The second kappa shape index (κ2) is 13.9. The topological polar surface area (TPSA) is 60.0 Å². The van der Waals surface area contributed by atoms with Crippen molar-refractivity contribution in [1.82, 2.24) is 10.2 Å². The van der Waals surface area contributed by atoms with Gasteiger partial charge in [-0.05, 0) is 64.9 Å². The van der Waals surface area contributed by atoms with E-state index < -0.39 is 0 Å². The van der Waals surface area contributed by atoms with Crippen LogP contribution in [0.4, 0.5) is 0 Å². The van der Waals surface area contributed by atoms with Crippen molar-refractivity contribution in [3.8, 4) is 11.5 Å². The maximum Gasteiger partial charge on any atom is 0.342 e. The van der Waals surface area contributed by atoms with E-state index in [1.165, 1.54) is 71.0 Å². The van der Waals surface area contributed by atoms with Gasteiger partial charge in [0.15, 0.2) is 0 Å². The number of rotatable bonds is 13. The predicted octanol–water partition coefficient (Wildman–Crippen LogP) is 5.14. The average Bonchev–Trinajstić information content (AvgIpc) is 3.13. The van der Waals surface area contributed by atoms with Crippen LogP contribution < -0.4 is 14.8 Å². The number of benzene rings is 1. The van der Waals surface area contributed by atoms with Gasteiger partial charge in [-0.2, -0.15) is 0 Å². The highest BCUT2D eigenvalue weighted by molar-refractivity contribution is 5.97. The molecule has 182 valence electrons. The lowest BCUT2D eigenvalue weighted by Crippen LogP contribution is -2.41. The molecule has 0 aromatic heterocycles. The number of esters is 1. The number of nitrogens with zero attached hydrogens (tertiary/aromatic N) is 1. The lowest BCUT2D eigenvalue weighted by atomic mass is 9.98. The molecule has 2 aliphatic heterocycles. The van der Waals surface area contributed by atoms with Gasteiger partial charge in [-0.15, -0.1) is 12.4 Å². The highest BCUT2D eigenvalue weighted by atomic mass is 35.5. The van der Waals surface area contributed by atoms with E-state index in [2.05, 4.69) is 17.3 Å². The van der Waals surface area contributed by atoms with Gasteiger partial charge in [0.05, 0.1) is 14.2 Å². The van der Waals surface area contributed by atoms with Gasteiger partial charge in [0.25, 0.3) is 0 Å². The highest BCUT2D eigenvalue weighted by Gasteiger charge is 2.34. The van der Waals surface area contributed by atoms with Gasteiger partial charge in [-0.1, -0.05) is 32.1 Å². The Balaban J connectivity index is 0.00000363. The number of piperidine rings is 1. The number of hydrogen-bond donors (Lipinski definition) is 1. The van der Waals surface area contributed by atoms with E-state index in [0.717, 1.165) is 24.4 Å². The summed E-state index contributed by atoms with van der Waals surface area (Å²) in [6.07, 6.45) is 12.0. The molecule has 0 unspecified atom stereocenters. The zero-order valence-corrected chi connectivity index (χ0v) is 20.8. The number of nitrogens with one attached hydrogen (secondary N) is 1. The average molecular weight is 469 g/mol. The molecule has 0 saturated carbocycles. The third kappa shape index (κ3) is 7.26. The van der Waals surface area contributed by atoms with Crippen LogP contribution in [0, 0.1) is 0 Å². The van der Waals surface area contributed by atoms with Crippen LogP contribution in [0.1, 0.15) is 86.2 Å². The number of carbonyl (C=O) groups excluding carboxylic acids is 1. The molecule has 1 N–H and O–H groups in total. The fourth-order valence-electron chi connectivity index (χ4n) is 4.82. The molecule has 6 nitrogen and oxygen atoms in total. The molecule has 7 heteroatoms. The van der Waals surface area contributed by atoms with Crippen molar-refractivity contribution in [2.45, 2.75) is 76.4 Å². The van der Waals surface area contributed by atoms with Gasteiger partial charge in [0.2, 0.25) is 0 Å². The number of carbonyl (C=O) groups is 1. The van der Waals surface area contributed by atoms with E-state index in [-0.39, 0.29) is 24.5 Å². The molecular formula is C25H41ClN2O4. The molecule has 32 heavy (non-hydrogen) atoms. The first kappa shape index (κ1) is 26.7. The zero-order chi connectivity index (χ0) is 22.1. The van der Waals surface area contributed by atoms with E-state index in [9.17, 15) is 4.79 Å². The Kier molecular flexibility index (Phi) is 11.6. The van der Waals surface area contributed by atoms with Gasteiger partial charge in [0.1, 0.15) is 23.2 Å². The smallest absolute Gasteiger partial charge is 0.342 e. The predicted molar refractivity (Wildman–Crippen MR) is 130 cm³/mol. The summed E-state index contributed by atoms with van der Waals surface area (Å²) in [5.74, 6) is 0.952. The van der Waals surface area contributed by atoms with Gasteiger partial charge in [0, 0.05) is 17.7 Å². The molecule has 0 aliphatic carbocycles. The second-order valence-electron chi connectivity index (χ2n) is 8.86. The summed E-state index contributed by atoms with van der Waals surface area (Å²) in [7, 11) is 5.27. The number of ether oxygens (including phenoxy) is 3. The summed E-state index contributed by atoms with van der Waals surface area (Å²) in [6.45, 7) is 3.76. The number of likely N-dealkylation sites (tertiary alicyclic amines) is 1. The first-order chi connectivity index (χ1) is 15.2. The Morgan fingerprint density at radius 1 is 1.00 bits per heavy atom. The summed E-state index contributed by atoms with van der Waals surface area (Å²) >= 11 is 0. The molecule has 0 radical (unpaired) electrons. The number of hydrogen-bond acceptors (Lipinski definition) is 6. The molecular weight excluding hydrogens is 428 g/mol. The molecule has 0 bridgehead atoms. The third-order valence-electron chi connectivity index (χ3n) is 6.80. The molecule has 1 saturated heterocycles. The van der Waals surface area contributed by atoms with Crippen LogP contribution in [0.15, 0.2) is 12.1 Å². The summed E-state index contributed by atoms with van der Waals surface area (Å²) in [5, 5.41) is 3.40. The van der Waals surface area contributed by atoms with Crippen LogP contribution in [-0.2, 0) is 4.74 Å². The number of unbranched alkanes of at least 4 members (excludes halogenated alkanes) is 6. The van der Waals surface area contributed by atoms with Crippen LogP contribution in [0.2, 0.25) is 0 Å². The molecule has 2 aliphatic rings. The molecule has 0 amide bonds. The molecule has 2 heterocycles. The largest absolute Gasteiger partial charge is 0.497 e. The normalized spacial score (nSPS) is 18.7. The summed E-state index contributed by atoms with van der Waals surface area (Å²) in [5.41, 5.74) is 1.46. The summed E-state index contributed by atoms with van der Waals surface area (Å²) in [6, 6.07) is 4.38. The fraction of sp³-hybridized carbons (Fsp3) is 0.720. The lowest BCUT2D eigenvalue weighted by Gasteiger charge is -2.31. The van der Waals surface area contributed by atoms with E-state index in [0.29, 0.717) is 17.1 Å². The molecule has 3 rings (SSSR count). The van der Waals surface area contributed by atoms with Crippen LogP contribution in [-0.4, -0.2) is 57.8 Å². The van der Waals surface area contributed by atoms with E-state index >= 15 is 0 Å². The first-order valence-electron chi connectivity index (χ1n) is 12.0. The minimum Gasteiger partial charge on any atom is -0.497 e. The summed E-state index contributed by atoms with van der Waals surface area (Å²) < 4.78 is 16.3. The third-order valence-corrected chi connectivity index (χ3v) is 6.80. The minimum atomic E-state index is -0.283. The van der Waals surface area contributed by atoms with Crippen molar-refractivity contribution in [2.75, 3.05) is 40.9 Å². The minimum absolute atomic E-state index is 0. The Morgan fingerprint density at radius 2 is 1.66 bits per heavy atom. The number of cyclic esters (lactones) is 1. The highest BCUT2D eigenvalue weighted by Crippen LogP contribution is 2.41. The van der Waals surface area contributed by atoms with Crippen LogP contribution in [0.25, 0.3) is 0 Å². The molecule has 1 atom stereocenters. The Bertz CT molecular complexity index is 707. The first-order valence-corrected chi connectivity index (χ1v) is 12.0. The van der Waals surface area contributed by atoms with Gasteiger partial charge < -0.3 is 24.4 Å². The second-order valence-corrected chi connectivity index (χ2v) is 8.86. The number of methoxy groups -OCH3 is 2. The summed E-state index contributed by atoms with van der Waals surface area (Å²) in [4.78, 5) is 14.9. The fourth-order valence-corrected chi connectivity index (χ4v) is 4.82. The van der Waals surface area contributed by atoms with E-state index in [4.69, 9.17) is 14.2 Å². The van der Waals surface area contributed by atoms with Crippen molar-refractivity contribution in [3.63, 3.8) is 0 Å². The molecule has 1 aromatic rings. The lowest BCUT2D eigenvalue weighted by molar-refractivity contribution is 0.0361. The quantitative estimate of drug-likeness (QED) is 0.319. The van der Waals surface area contributed by atoms with Crippen molar-refractivity contribution < 1.29 is 19.0 Å². The zero-order valence-electron chi connectivity index (χ0n) is 20.0. The monoisotopic (exact) mass is 468 g/mol. The van der Waals surface area contributed by atoms with E-state index in [1.54, 1.807) is 20.3 Å². The maximum atomic E-state index is 12.3. The Hall–Kier alpha value is -1.50. The van der Waals surface area contributed by atoms with Gasteiger partial charge in [-0.25, -0.2) is 4.79 Å². The Morgan fingerprint density at radius 3 is 2.28 bits per heavy atom. The van der Waals surface area contributed by atoms with Crippen molar-refractivity contribution >= 4 is 18.4 Å². The maximum absolute atomic E-state index is 12.3. The molecule has 0 spiro atoms. The van der Waals surface area contributed by atoms with Gasteiger partial charge in [-0.3, -0.25) is 0 Å². The Labute approximate surface area is 199 Å². The van der Waals surface area contributed by atoms with Gasteiger partial charge >= 0.3 is 5.97 Å². The molecule has 1 aromatic carbocycles.